The van der Waals surface area contributed by atoms with Crippen LogP contribution in [0.5, 0.6) is 11.5 Å². The lowest BCUT2D eigenvalue weighted by Gasteiger charge is -2.21. The molecule has 204 valence electrons. The van der Waals surface area contributed by atoms with Crippen LogP contribution in [0.3, 0.4) is 0 Å². The number of nitrogens with zero attached hydrogens (tertiary/aromatic N) is 2. The molecular formula is C30H28N4O5S. The molecule has 0 radical (unpaired) electrons. The smallest absolute Gasteiger partial charge is 0.260 e. The molecule has 4 rings (SSSR count). The predicted octanol–water partition coefficient (Wildman–Crippen LogP) is 5.04. The number of hydrogen-bond donors (Lipinski definition) is 2. The van der Waals surface area contributed by atoms with Crippen molar-refractivity contribution in [2.24, 2.45) is 5.10 Å². The summed E-state index contributed by atoms with van der Waals surface area (Å²) in [4.78, 5) is 25.0. The summed E-state index contributed by atoms with van der Waals surface area (Å²) in [6.07, 6.45) is 1.03. The maximum Gasteiger partial charge on any atom is 0.260 e. The van der Waals surface area contributed by atoms with E-state index in [-0.39, 0.29) is 5.91 Å². The third-order valence-corrected chi connectivity index (χ3v) is 6.88. The lowest BCUT2D eigenvalue weighted by atomic mass is 10.1. The van der Waals surface area contributed by atoms with Gasteiger partial charge >= 0.3 is 0 Å². The molecule has 0 saturated heterocycles. The highest BCUT2D eigenvalue weighted by atomic mass is 32.2. The van der Waals surface area contributed by atoms with Gasteiger partial charge in [-0.2, -0.15) is 5.10 Å². The highest BCUT2D eigenvalue weighted by molar-refractivity contribution is 7.92. The number of amides is 2. The minimum atomic E-state index is -3.76. The second-order valence-electron chi connectivity index (χ2n) is 8.81. The number of carbonyl (C=O) groups is 2. The van der Waals surface area contributed by atoms with Crippen LogP contribution < -0.4 is 19.8 Å². The van der Waals surface area contributed by atoms with E-state index in [9.17, 15) is 18.0 Å². The first-order chi connectivity index (χ1) is 19.2. The van der Waals surface area contributed by atoms with E-state index in [2.05, 4.69) is 15.8 Å². The minimum Gasteiger partial charge on any atom is -0.457 e. The first kappa shape index (κ1) is 28.1. The topological polar surface area (TPSA) is 117 Å². The van der Waals surface area contributed by atoms with Crippen LogP contribution in [0.1, 0.15) is 22.8 Å². The van der Waals surface area contributed by atoms with Gasteiger partial charge in [0.25, 0.3) is 11.8 Å². The molecule has 40 heavy (non-hydrogen) atoms. The largest absolute Gasteiger partial charge is 0.457 e. The predicted molar refractivity (Wildman–Crippen MR) is 156 cm³/mol. The van der Waals surface area contributed by atoms with Crippen LogP contribution in [0.15, 0.2) is 114 Å². The first-order valence-corrected chi connectivity index (χ1v) is 14.1. The van der Waals surface area contributed by atoms with E-state index in [1.807, 2.05) is 36.4 Å². The van der Waals surface area contributed by atoms with Crippen molar-refractivity contribution in [2.75, 3.05) is 22.4 Å². The first-order valence-electron chi connectivity index (χ1n) is 12.3. The SMILES string of the molecule is C/C(=N/NC(=O)CN(c1ccc(Oc2ccccc2)cc1)S(C)(=O)=O)c1ccc(NC(=O)c2ccccc2)cc1. The quantitative estimate of drug-likeness (QED) is 0.210. The summed E-state index contributed by atoms with van der Waals surface area (Å²) < 4.78 is 31.6. The second-order valence-corrected chi connectivity index (χ2v) is 10.7. The molecule has 0 spiro atoms. The zero-order chi connectivity index (χ0) is 28.5. The average Bonchev–Trinajstić information content (AvgIpc) is 2.96. The number of rotatable bonds is 10. The number of sulfonamides is 1. The van der Waals surface area contributed by atoms with Crippen molar-refractivity contribution < 1.29 is 22.7 Å². The standard InChI is InChI=1S/C30H28N4O5S/c1-22(23-13-15-25(16-14-23)31-30(36)24-9-5-3-6-10-24)32-33-29(35)21-34(40(2,37)38)26-17-19-28(20-18-26)39-27-11-7-4-8-12-27/h3-20H,21H2,1-2H3,(H,31,36)(H,33,35)/b32-22-. The van der Waals surface area contributed by atoms with Gasteiger partial charge in [0.15, 0.2) is 0 Å². The Balaban J connectivity index is 1.36. The number of hydrogen-bond acceptors (Lipinski definition) is 6. The zero-order valence-electron chi connectivity index (χ0n) is 21.9. The average molecular weight is 557 g/mol. The highest BCUT2D eigenvalue weighted by Gasteiger charge is 2.21. The minimum absolute atomic E-state index is 0.222. The fourth-order valence-corrected chi connectivity index (χ4v) is 4.53. The molecule has 9 nitrogen and oxygen atoms in total. The number of benzene rings is 4. The second kappa shape index (κ2) is 12.7. The molecule has 0 atom stereocenters. The summed E-state index contributed by atoms with van der Waals surface area (Å²) in [5, 5.41) is 6.93. The van der Waals surface area contributed by atoms with Crippen molar-refractivity contribution in [1.82, 2.24) is 5.43 Å². The van der Waals surface area contributed by atoms with Crippen LogP contribution in [0.4, 0.5) is 11.4 Å². The van der Waals surface area contributed by atoms with E-state index in [4.69, 9.17) is 4.74 Å². The molecule has 4 aromatic carbocycles. The number of anilines is 2. The fraction of sp³-hybridized carbons (Fsp3) is 0.100. The molecule has 0 saturated carbocycles. The van der Waals surface area contributed by atoms with Crippen LogP contribution in [0, 0.1) is 0 Å². The Hall–Kier alpha value is -4.96. The maximum atomic E-state index is 12.6. The Bertz CT molecular complexity index is 1590. The van der Waals surface area contributed by atoms with Gasteiger partial charge in [-0.05, 0) is 73.2 Å². The summed E-state index contributed by atoms with van der Waals surface area (Å²) in [6.45, 7) is 1.25. The molecule has 0 aliphatic heterocycles. The van der Waals surface area contributed by atoms with Gasteiger partial charge < -0.3 is 10.1 Å². The van der Waals surface area contributed by atoms with Crippen LogP contribution in [0.2, 0.25) is 0 Å². The molecule has 0 heterocycles. The van der Waals surface area contributed by atoms with Crippen LogP contribution in [-0.2, 0) is 14.8 Å². The number of nitrogens with one attached hydrogen (secondary N) is 2. The van der Waals surface area contributed by atoms with Crippen molar-refractivity contribution in [1.29, 1.82) is 0 Å². The van der Waals surface area contributed by atoms with Gasteiger partial charge in [0, 0.05) is 11.3 Å². The van der Waals surface area contributed by atoms with Crippen molar-refractivity contribution in [2.45, 2.75) is 6.92 Å². The van der Waals surface area contributed by atoms with Gasteiger partial charge in [0.05, 0.1) is 17.7 Å². The van der Waals surface area contributed by atoms with E-state index >= 15 is 0 Å². The third kappa shape index (κ3) is 7.78. The summed E-state index contributed by atoms with van der Waals surface area (Å²) in [5.41, 5.74) is 5.10. The molecule has 2 amide bonds. The molecule has 0 bridgehead atoms. The zero-order valence-corrected chi connectivity index (χ0v) is 22.8. The van der Waals surface area contributed by atoms with Gasteiger partial charge in [-0.3, -0.25) is 13.9 Å². The Morgan fingerprint density at radius 2 is 1.35 bits per heavy atom. The lowest BCUT2D eigenvalue weighted by Crippen LogP contribution is -2.39. The van der Waals surface area contributed by atoms with Gasteiger partial charge in [-0.1, -0.05) is 48.5 Å². The summed E-state index contributed by atoms with van der Waals surface area (Å²) in [5.74, 6) is 0.342. The Morgan fingerprint density at radius 1 is 0.775 bits per heavy atom. The van der Waals surface area contributed by atoms with Crippen molar-refractivity contribution in [3.63, 3.8) is 0 Å². The van der Waals surface area contributed by atoms with Crippen molar-refractivity contribution in [3.8, 4) is 11.5 Å². The molecule has 0 fully saturated rings. The van der Waals surface area contributed by atoms with Crippen LogP contribution in [0.25, 0.3) is 0 Å². The lowest BCUT2D eigenvalue weighted by molar-refractivity contribution is -0.119. The number of para-hydroxylation sites is 1. The monoisotopic (exact) mass is 556 g/mol. The van der Waals surface area contributed by atoms with E-state index < -0.39 is 22.5 Å². The van der Waals surface area contributed by atoms with E-state index in [1.54, 1.807) is 79.7 Å². The number of carbonyl (C=O) groups excluding carboxylic acids is 2. The van der Waals surface area contributed by atoms with Gasteiger partial charge in [0.1, 0.15) is 18.0 Å². The molecule has 0 aromatic heterocycles. The van der Waals surface area contributed by atoms with Crippen molar-refractivity contribution in [3.05, 3.63) is 120 Å². The highest BCUT2D eigenvalue weighted by Crippen LogP contribution is 2.25. The van der Waals surface area contributed by atoms with Gasteiger partial charge in [-0.25, -0.2) is 13.8 Å². The molecule has 10 heteroatoms. The molecule has 4 aromatic rings. The van der Waals surface area contributed by atoms with E-state index in [0.29, 0.717) is 39.7 Å². The molecule has 0 aliphatic carbocycles. The summed E-state index contributed by atoms with van der Waals surface area (Å²) in [7, 11) is -3.76. The van der Waals surface area contributed by atoms with E-state index in [0.717, 1.165) is 10.6 Å². The van der Waals surface area contributed by atoms with Crippen molar-refractivity contribution >= 4 is 38.9 Å². The summed E-state index contributed by atoms with van der Waals surface area (Å²) in [6, 6.07) is 31.4. The Morgan fingerprint density at radius 3 is 1.95 bits per heavy atom. The van der Waals surface area contributed by atoms with E-state index in [1.165, 1.54) is 0 Å². The maximum absolute atomic E-state index is 12.6. The van der Waals surface area contributed by atoms with Crippen LogP contribution in [-0.4, -0.2) is 38.7 Å². The molecule has 2 N–H and O–H groups in total. The fourth-order valence-electron chi connectivity index (χ4n) is 3.67. The third-order valence-electron chi connectivity index (χ3n) is 5.74. The number of ether oxygens (including phenoxy) is 1. The van der Waals surface area contributed by atoms with Gasteiger partial charge in [-0.15, -0.1) is 0 Å². The molecule has 0 aliphatic rings. The van der Waals surface area contributed by atoms with Crippen LogP contribution >= 0.6 is 0 Å². The van der Waals surface area contributed by atoms with Gasteiger partial charge in [0.2, 0.25) is 10.0 Å². The Labute approximate surface area is 233 Å². The normalized spacial score (nSPS) is 11.4. The molecule has 0 unspecified atom stereocenters. The number of hydrazone groups is 1. The summed E-state index contributed by atoms with van der Waals surface area (Å²) >= 11 is 0. The Kier molecular flexibility index (Phi) is 8.93. The molecular weight excluding hydrogens is 528 g/mol.